The van der Waals surface area contributed by atoms with Crippen molar-refractivity contribution < 1.29 is 4.74 Å². The van der Waals surface area contributed by atoms with Gasteiger partial charge < -0.3 is 24.2 Å². The summed E-state index contributed by atoms with van der Waals surface area (Å²) in [6, 6.07) is 19.3. The van der Waals surface area contributed by atoms with E-state index in [-0.39, 0.29) is 0 Å². The van der Waals surface area contributed by atoms with Crippen LogP contribution in [-0.4, -0.2) is 63.4 Å². The third-order valence-electron chi connectivity index (χ3n) is 7.91. The molecule has 214 valence electrons. The Morgan fingerprint density at radius 1 is 1.00 bits per heavy atom. The number of para-hydroxylation sites is 1. The maximum atomic E-state index is 6.56. The van der Waals surface area contributed by atoms with E-state index >= 15 is 0 Å². The van der Waals surface area contributed by atoms with E-state index in [1.165, 1.54) is 16.7 Å². The Hall–Kier alpha value is -3.92. The number of ether oxygens (including phenoxy) is 1. The van der Waals surface area contributed by atoms with Gasteiger partial charge in [-0.15, -0.1) is 0 Å². The molecule has 3 heterocycles. The van der Waals surface area contributed by atoms with E-state index in [0.29, 0.717) is 13.1 Å². The summed E-state index contributed by atoms with van der Waals surface area (Å²) in [6.07, 6.45) is 2.92. The molecule has 0 atom stereocenters. The van der Waals surface area contributed by atoms with Crippen LogP contribution in [0.15, 0.2) is 60.9 Å². The zero-order chi connectivity index (χ0) is 28.3. The first-order chi connectivity index (χ1) is 19.9. The smallest absolute Gasteiger partial charge is 0.204 e. The molecular formula is C32H40N8O. The van der Waals surface area contributed by atoms with Crippen LogP contribution in [0.3, 0.4) is 0 Å². The van der Waals surface area contributed by atoms with Gasteiger partial charge in [-0.2, -0.15) is 0 Å². The van der Waals surface area contributed by atoms with Crippen LogP contribution in [0.2, 0.25) is 0 Å². The first-order valence-corrected chi connectivity index (χ1v) is 14.5. The summed E-state index contributed by atoms with van der Waals surface area (Å²) in [5.74, 6) is 7.44. The molecule has 1 fully saturated rings. The number of nitrogens with zero attached hydrogens (tertiary/aromatic N) is 6. The SMILES string of the molecule is Cc1cc(C)cc(N(N)Cc2ccc3nc(NCCCN4CCOCC4)n(Cc4cccc5c4ncn5C)c3c2)c1. The van der Waals surface area contributed by atoms with Crippen molar-refractivity contribution in [1.29, 1.82) is 0 Å². The topological polar surface area (TPSA) is 89.4 Å². The number of nitrogens with two attached hydrogens (primary N) is 1. The van der Waals surface area contributed by atoms with Crippen molar-refractivity contribution in [3.8, 4) is 0 Å². The first-order valence-electron chi connectivity index (χ1n) is 14.5. The van der Waals surface area contributed by atoms with Crippen molar-refractivity contribution in [1.82, 2.24) is 24.0 Å². The highest BCUT2D eigenvalue weighted by molar-refractivity contribution is 5.82. The summed E-state index contributed by atoms with van der Waals surface area (Å²) in [4.78, 5) is 12.2. The number of hydrogen-bond donors (Lipinski definition) is 2. The fourth-order valence-electron chi connectivity index (χ4n) is 5.81. The van der Waals surface area contributed by atoms with Gasteiger partial charge in [-0.3, -0.25) is 4.90 Å². The van der Waals surface area contributed by atoms with Crippen LogP contribution in [-0.2, 0) is 24.9 Å². The van der Waals surface area contributed by atoms with Crippen LogP contribution in [0.25, 0.3) is 22.1 Å². The van der Waals surface area contributed by atoms with Gasteiger partial charge in [0.1, 0.15) is 0 Å². The molecule has 5 aromatic rings. The zero-order valence-electron chi connectivity index (χ0n) is 24.3. The standard InChI is InChI=1S/C32H40N8O/c1-23-16-24(2)18-27(17-23)40(33)20-25-8-9-28-30(19-25)39(21-26-6-4-7-29-31(26)35-22-37(29)3)32(36-28)34-10-5-11-38-12-14-41-15-13-38/h4,6-9,16-19,22H,5,10-15,20-21,33H2,1-3H3,(H,34,36). The van der Waals surface area contributed by atoms with Crippen LogP contribution in [0.4, 0.5) is 11.6 Å². The predicted molar refractivity (Wildman–Crippen MR) is 166 cm³/mol. The second kappa shape index (κ2) is 11.9. The minimum absolute atomic E-state index is 0.599. The third kappa shape index (κ3) is 6.07. The van der Waals surface area contributed by atoms with Crippen molar-refractivity contribution in [2.75, 3.05) is 49.7 Å². The molecule has 41 heavy (non-hydrogen) atoms. The third-order valence-corrected chi connectivity index (χ3v) is 7.91. The Morgan fingerprint density at radius 2 is 1.80 bits per heavy atom. The van der Waals surface area contributed by atoms with Gasteiger partial charge in [-0.1, -0.05) is 24.3 Å². The van der Waals surface area contributed by atoms with Crippen molar-refractivity contribution in [2.24, 2.45) is 12.9 Å². The van der Waals surface area contributed by atoms with Crippen molar-refractivity contribution >= 4 is 33.7 Å². The number of aromatic nitrogens is 4. The quantitative estimate of drug-likeness (QED) is 0.149. The second-order valence-electron chi connectivity index (χ2n) is 11.2. The molecule has 0 saturated carbocycles. The van der Waals surface area contributed by atoms with Gasteiger partial charge in [0.2, 0.25) is 5.95 Å². The van der Waals surface area contributed by atoms with Gasteiger partial charge in [0.25, 0.3) is 0 Å². The number of fused-ring (bicyclic) bond motifs is 2. The lowest BCUT2D eigenvalue weighted by Crippen LogP contribution is -2.37. The first kappa shape index (κ1) is 27.3. The molecule has 0 bridgehead atoms. The van der Waals surface area contributed by atoms with Gasteiger partial charge in [0, 0.05) is 26.7 Å². The lowest BCUT2D eigenvalue weighted by Gasteiger charge is -2.26. The highest BCUT2D eigenvalue weighted by Crippen LogP contribution is 2.26. The Kier molecular flexibility index (Phi) is 7.91. The molecule has 1 saturated heterocycles. The number of benzene rings is 3. The van der Waals surface area contributed by atoms with Gasteiger partial charge >= 0.3 is 0 Å². The zero-order valence-corrected chi connectivity index (χ0v) is 24.3. The number of aryl methyl sites for hydroxylation is 3. The lowest BCUT2D eigenvalue weighted by atomic mass is 10.1. The van der Waals surface area contributed by atoms with Crippen molar-refractivity contribution in [3.05, 3.63) is 83.2 Å². The summed E-state index contributed by atoms with van der Waals surface area (Å²) >= 11 is 0. The summed E-state index contributed by atoms with van der Waals surface area (Å²) in [7, 11) is 2.04. The molecule has 0 radical (unpaired) electrons. The Morgan fingerprint density at radius 3 is 2.61 bits per heavy atom. The molecule has 3 N–H and O–H groups in total. The number of anilines is 2. The highest BCUT2D eigenvalue weighted by Gasteiger charge is 2.16. The number of nitrogens with one attached hydrogen (secondary N) is 1. The molecule has 9 heteroatoms. The summed E-state index contributed by atoms with van der Waals surface area (Å²) in [5, 5.41) is 5.47. The largest absolute Gasteiger partial charge is 0.379 e. The van der Waals surface area contributed by atoms with Gasteiger partial charge in [0.15, 0.2) is 0 Å². The van der Waals surface area contributed by atoms with Crippen LogP contribution in [0.5, 0.6) is 0 Å². The fourth-order valence-corrected chi connectivity index (χ4v) is 5.81. The second-order valence-corrected chi connectivity index (χ2v) is 11.2. The molecule has 0 amide bonds. The van der Waals surface area contributed by atoms with E-state index in [1.807, 2.05) is 18.4 Å². The molecule has 3 aromatic carbocycles. The van der Waals surface area contributed by atoms with Crippen molar-refractivity contribution in [2.45, 2.75) is 33.4 Å². The molecule has 0 unspecified atom stereocenters. The summed E-state index contributed by atoms with van der Waals surface area (Å²) < 4.78 is 9.85. The van der Waals surface area contributed by atoms with Crippen molar-refractivity contribution in [3.63, 3.8) is 0 Å². The van der Waals surface area contributed by atoms with Crippen LogP contribution < -0.4 is 16.2 Å². The average Bonchev–Trinajstić information content (AvgIpc) is 3.51. The van der Waals surface area contributed by atoms with Crippen LogP contribution >= 0.6 is 0 Å². The highest BCUT2D eigenvalue weighted by atomic mass is 16.5. The van der Waals surface area contributed by atoms with Gasteiger partial charge in [-0.25, -0.2) is 15.8 Å². The fraction of sp³-hybridized carbons (Fsp3) is 0.375. The van der Waals surface area contributed by atoms with Crippen LogP contribution in [0, 0.1) is 13.8 Å². The minimum atomic E-state index is 0.599. The Bertz CT molecular complexity index is 1630. The normalized spacial score (nSPS) is 14.2. The van der Waals surface area contributed by atoms with E-state index in [9.17, 15) is 0 Å². The maximum absolute atomic E-state index is 6.56. The van der Waals surface area contributed by atoms with E-state index in [1.54, 1.807) is 0 Å². The molecule has 0 spiro atoms. The molecule has 1 aliphatic heterocycles. The number of hydrogen-bond acceptors (Lipinski definition) is 7. The van der Waals surface area contributed by atoms with Crippen LogP contribution in [0.1, 0.15) is 28.7 Å². The van der Waals surface area contributed by atoms with Gasteiger partial charge in [0.05, 0.1) is 60.4 Å². The molecule has 6 rings (SSSR count). The molecular weight excluding hydrogens is 512 g/mol. The lowest BCUT2D eigenvalue weighted by molar-refractivity contribution is 0.0378. The summed E-state index contributed by atoms with van der Waals surface area (Å²) in [5.41, 5.74) is 9.92. The van der Waals surface area contributed by atoms with E-state index in [0.717, 1.165) is 85.1 Å². The maximum Gasteiger partial charge on any atom is 0.204 e. The number of morpholine rings is 1. The van der Waals surface area contributed by atoms with E-state index in [2.05, 4.69) is 87.8 Å². The average molecular weight is 553 g/mol. The number of imidazole rings is 2. The van der Waals surface area contributed by atoms with E-state index in [4.69, 9.17) is 20.5 Å². The minimum Gasteiger partial charge on any atom is -0.379 e. The molecule has 1 aliphatic rings. The molecule has 0 aliphatic carbocycles. The van der Waals surface area contributed by atoms with E-state index < -0.39 is 0 Å². The monoisotopic (exact) mass is 552 g/mol. The Balaban J connectivity index is 1.28. The van der Waals surface area contributed by atoms with Gasteiger partial charge in [-0.05, 0) is 79.4 Å². The number of hydrazine groups is 1. The number of rotatable bonds is 10. The molecule has 9 nitrogen and oxygen atoms in total. The Labute approximate surface area is 241 Å². The molecule has 2 aromatic heterocycles. The summed E-state index contributed by atoms with van der Waals surface area (Å²) in [6.45, 7) is 11.1. The predicted octanol–water partition coefficient (Wildman–Crippen LogP) is 4.60.